The van der Waals surface area contributed by atoms with Crippen LogP contribution in [0.15, 0.2) is 6.20 Å². The summed E-state index contributed by atoms with van der Waals surface area (Å²) in [6, 6.07) is -0.977. The predicted molar refractivity (Wildman–Crippen MR) is 75.1 cm³/mol. The Hall–Kier alpha value is -1.47. The van der Waals surface area contributed by atoms with Crippen LogP contribution in [0.3, 0.4) is 0 Å². The molecule has 1 rings (SSSR count). The molecule has 0 saturated carbocycles. The van der Waals surface area contributed by atoms with Gasteiger partial charge in [-0.15, -0.1) is 11.3 Å². The minimum Gasteiger partial charge on any atom is -0.338 e. The Morgan fingerprint density at radius 1 is 1.42 bits per heavy atom. The smallest absolute Gasteiger partial charge is 0.321 e. The van der Waals surface area contributed by atoms with Crippen molar-refractivity contribution in [2.24, 2.45) is 0 Å². The fourth-order valence-electron chi connectivity index (χ4n) is 1.52. The van der Waals surface area contributed by atoms with Crippen molar-refractivity contribution < 1.29 is 9.59 Å². The quantitative estimate of drug-likeness (QED) is 0.762. The Kier molecular flexibility index (Phi) is 5.91. The van der Waals surface area contributed by atoms with Gasteiger partial charge in [-0.3, -0.25) is 15.4 Å². The van der Waals surface area contributed by atoms with Crippen molar-refractivity contribution >= 4 is 23.3 Å². The fourth-order valence-corrected chi connectivity index (χ4v) is 2.30. The van der Waals surface area contributed by atoms with Crippen LogP contribution >= 0.6 is 11.3 Å². The minimum atomic E-state index is -0.473. The molecule has 3 N–H and O–H groups in total. The van der Waals surface area contributed by atoms with E-state index in [4.69, 9.17) is 0 Å². The van der Waals surface area contributed by atoms with Gasteiger partial charge in [0.25, 0.3) is 0 Å². The third-order valence-electron chi connectivity index (χ3n) is 2.48. The molecule has 1 heterocycles. The zero-order chi connectivity index (χ0) is 14.4. The van der Waals surface area contributed by atoms with Gasteiger partial charge in [0.2, 0.25) is 5.91 Å². The summed E-state index contributed by atoms with van der Waals surface area (Å²) in [5.74, 6) is -0.355. The van der Waals surface area contributed by atoms with Gasteiger partial charge in [0, 0.05) is 17.6 Å². The normalized spacial score (nSPS) is 13.7. The summed E-state index contributed by atoms with van der Waals surface area (Å²) in [6.45, 7) is 7.91. The number of imide groups is 1. The summed E-state index contributed by atoms with van der Waals surface area (Å²) >= 11 is 1.59. The second-order valence-electron chi connectivity index (χ2n) is 4.27. The third-order valence-corrected chi connectivity index (χ3v) is 3.57. The Bertz CT molecular complexity index is 447. The Morgan fingerprint density at radius 3 is 2.63 bits per heavy atom. The van der Waals surface area contributed by atoms with Gasteiger partial charge in [0.15, 0.2) is 0 Å². The molecule has 106 valence electrons. The van der Waals surface area contributed by atoms with Crippen molar-refractivity contribution in [2.75, 3.05) is 6.54 Å². The summed E-state index contributed by atoms with van der Waals surface area (Å²) in [4.78, 5) is 28.4. The molecule has 0 aliphatic rings. The number of aryl methyl sites for hydroxylation is 1. The number of carbonyl (C=O) groups excluding carboxylic acids is 2. The van der Waals surface area contributed by atoms with Crippen LogP contribution in [-0.2, 0) is 4.79 Å². The molecule has 0 aromatic carbocycles. The number of thiazole rings is 1. The van der Waals surface area contributed by atoms with Gasteiger partial charge in [0.05, 0.1) is 12.1 Å². The molecule has 0 fully saturated rings. The first-order valence-corrected chi connectivity index (χ1v) is 7.02. The molecule has 7 heteroatoms. The van der Waals surface area contributed by atoms with E-state index in [9.17, 15) is 9.59 Å². The second kappa shape index (κ2) is 7.20. The molecule has 2 unspecified atom stereocenters. The number of nitrogens with one attached hydrogen (secondary N) is 3. The van der Waals surface area contributed by atoms with Crippen LogP contribution in [0.25, 0.3) is 0 Å². The second-order valence-corrected chi connectivity index (χ2v) is 5.53. The lowest BCUT2D eigenvalue weighted by Crippen LogP contribution is -2.48. The Labute approximate surface area is 117 Å². The molecule has 0 bridgehead atoms. The van der Waals surface area contributed by atoms with E-state index < -0.39 is 12.1 Å². The van der Waals surface area contributed by atoms with E-state index in [-0.39, 0.29) is 11.9 Å². The molecular weight excluding hydrogens is 264 g/mol. The molecule has 0 aliphatic heterocycles. The minimum absolute atomic E-state index is 0.0336. The SMILES string of the molecule is CCNC(=O)NC(=O)C(C)NC(C)c1ncc(C)s1. The maximum Gasteiger partial charge on any atom is 0.321 e. The standard InChI is InChI=1S/C12H20N4O2S/c1-5-13-12(18)16-10(17)8(3)15-9(4)11-14-6-7(2)19-11/h6,8-9,15H,5H2,1-4H3,(H2,13,16,17,18). The van der Waals surface area contributed by atoms with Gasteiger partial charge in [-0.05, 0) is 27.7 Å². The average Bonchev–Trinajstić information content (AvgIpc) is 2.76. The summed E-state index contributed by atoms with van der Waals surface area (Å²) in [7, 11) is 0. The number of carbonyl (C=O) groups is 2. The van der Waals surface area contributed by atoms with Crippen molar-refractivity contribution in [1.29, 1.82) is 0 Å². The number of urea groups is 1. The van der Waals surface area contributed by atoms with Gasteiger partial charge < -0.3 is 5.32 Å². The monoisotopic (exact) mass is 284 g/mol. The van der Waals surface area contributed by atoms with Crippen molar-refractivity contribution in [3.05, 3.63) is 16.1 Å². The predicted octanol–water partition coefficient (Wildman–Crippen LogP) is 1.34. The van der Waals surface area contributed by atoms with Gasteiger partial charge in [-0.25, -0.2) is 9.78 Å². The maximum atomic E-state index is 11.7. The van der Waals surface area contributed by atoms with E-state index in [1.165, 1.54) is 0 Å². The van der Waals surface area contributed by atoms with Crippen LogP contribution in [-0.4, -0.2) is 29.5 Å². The molecule has 6 nitrogen and oxygen atoms in total. The van der Waals surface area contributed by atoms with Crippen molar-refractivity contribution in [3.63, 3.8) is 0 Å². The van der Waals surface area contributed by atoms with Gasteiger partial charge in [-0.1, -0.05) is 0 Å². The molecule has 3 amide bonds. The number of aromatic nitrogens is 1. The molecule has 1 aromatic heterocycles. The summed E-state index contributed by atoms with van der Waals surface area (Å²) in [5.41, 5.74) is 0. The lowest BCUT2D eigenvalue weighted by atomic mass is 10.2. The first-order valence-electron chi connectivity index (χ1n) is 6.21. The zero-order valence-corrected chi connectivity index (χ0v) is 12.4. The van der Waals surface area contributed by atoms with Gasteiger partial charge >= 0.3 is 6.03 Å². The van der Waals surface area contributed by atoms with Crippen LogP contribution in [0.2, 0.25) is 0 Å². The lowest BCUT2D eigenvalue weighted by Gasteiger charge is -2.17. The molecule has 1 aromatic rings. The number of nitrogens with zero attached hydrogens (tertiary/aromatic N) is 1. The van der Waals surface area contributed by atoms with E-state index in [2.05, 4.69) is 20.9 Å². The summed E-state index contributed by atoms with van der Waals surface area (Å²) in [6.07, 6.45) is 1.80. The molecule has 0 spiro atoms. The largest absolute Gasteiger partial charge is 0.338 e. The van der Waals surface area contributed by atoms with Crippen molar-refractivity contribution in [2.45, 2.75) is 39.8 Å². The van der Waals surface area contributed by atoms with Crippen LogP contribution < -0.4 is 16.0 Å². The van der Waals surface area contributed by atoms with E-state index in [0.717, 1.165) is 9.88 Å². The summed E-state index contributed by atoms with van der Waals surface area (Å²) < 4.78 is 0. The molecule has 0 aliphatic carbocycles. The summed E-state index contributed by atoms with van der Waals surface area (Å²) in [5, 5.41) is 8.82. The first-order chi connectivity index (χ1) is 8.93. The van der Waals surface area contributed by atoms with Crippen LogP contribution in [0.1, 0.15) is 36.7 Å². The molecular formula is C12H20N4O2S. The molecule has 2 atom stereocenters. The van der Waals surface area contributed by atoms with E-state index in [1.807, 2.05) is 13.8 Å². The molecule has 0 saturated heterocycles. The maximum absolute atomic E-state index is 11.7. The highest BCUT2D eigenvalue weighted by Crippen LogP contribution is 2.19. The zero-order valence-electron chi connectivity index (χ0n) is 11.6. The number of rotatable bonds is 5. The van der Waals surface area contributed by atoms with E-state index in [0.29, 0.717) is 6.54 Å². The highest BCUT2D eigenvalue weighted by molar-refractivity contribution is 7.11. The fraction of sp³-hybridized carbons (Fsp3) is 0.583. The topological polar surface area (TPSA) is 83.1 Å². The third kappa shape index (κ3) is 4.96. The number of amides is 3. The Morgan fingerprint density at radius 2 is 2.11 bits per heavy atom. The highest BCUT2D eigenvalue weighted by Gasteiger charge is 2.19. The Balaban J connectivity index is 2.47. The number of hydrogen-bond donors (Lipinski definition) is 3. The van der Waals surface area contributed by atoms with E-state index >= 15 is 0 Å². The molecule has 0 radical (unpaired) electrons. The lowest BCUT2D eigenvalue weighted by molar-refractivity contribution is -0.121. The van der Waals surface area contributed by atoms with Crippen molar-refractivity contribution in [1.82, 2.24) is 20.9 Å². The van der Waals surface area contributed by atoms with Crippen LogP contribution in [0.5, 0.6) is 0 Å². The number of hydrogen-bond acceptors (Lipinski definition) is 5. The van der Waals surface area contributed by atoms with Gasteiger partial charge in [-0.2, -0.15) is 0 Å². The highest BCUT2D eigenvalue weighted by atomic mass is 32.1. The van der Waals surface area contributed by atoms with Gasteiger partial charge in [0.1, 0.15) is 5.01 Å². The first kappa shape index (κ1) is 15.6. The molecule has 19 heavy (non-hydrogen) atoms. The van der Waals surface area contributed by atoms with Crippen LogP contribution in [0.4, 0.5) is 4.79 Å². The van der Waals surface area contributed by atoms with E-state index in [1.54, 1.807) is 31.4 Å². The van der Waals surface area contributed by atoms with Crippen molar-refractivity contribution in [3.8, 4) is 0 Å². The average molecular weight is 284 g/mol. The van der Waals surface area contributed by atoms with Crippen LogP contribution in [0, 0.1) is 6.92 Å².